The van der Waals surface area contributed by atoms with Gasteiger partial charge in [-0.1, -0.05) is 67.0 Å². The fraction of sp³-hybridized carbons (Fsp3) is 0.516. The third-order valence-electron chi connectivity index (χ3n) is 10.1. The number of aliphatic hydroxyl groups excluding tert-OH is 1. The Morgan fingerprint density at radius 3 is 2.10 bits per heavy atom. The van der Waals surface area contributed by atoms with Crippen LogP contribution in [0, 0.1) is 0 Å². The van der Waals surface area contributed by atoms with Crippen molar-refractivity contribution in [2.45, 2.75) is 70.5 Å². The summed E-state index contributed by atoms with van der Waals surface area (Å²) in [5, 5.41) is 64.4. The lowest BCUT2D eigenvalue weighted by atomic mass is 9.86. The predicted octanol–water partition coefficient (Wildman–Crippen LogP) is -4.99. The Balaban J connectivity index is 0.000000246. The van der Waals surface area contributed by atoms with Crippen LogP contribution in [0.2, 0.25) is 0 Å². The number of primary amides is 2. The number of amides is 3. The van der Waals surface area contributed by atoms with E-state index in [1.165, 1.54) is 21.9 Å². The second-order valence-electron chi connectivity index (χ2n) is 13.6. The fourth-order valence-corrected chi connectivity index (χ4v) is 7.83. The monoisotopic (exact) mass is 893 g/mol. The van der Waals surface area contributed by atoms with Gasteiger partial charge in [0.25, 0.3) is 9.70 Å². The highest BCUT2D eigenvalue weighted by molar-refractivity contribution is 6.76. The minimum Gasteiger partial charge on any atom is -0.451 e. The van der Waals surface area contributed by atoms with Gasteiger partial charge in [0.15, 0.2) is 29.3 Å². The number of benzene rings is 1. The summed E-state index contributed by atoms with van der Waals surface area (Å²) < 4.78 is 12.7. The van der Waals surface area contributed by atoms with E-state index in [1.54, 1.807) is 18.2 Å². The molecule has 0 aliphatic carbocycles. The molecule has 2 spiro atoms. The quantitative estimate of drug-likeness (QED) is 0.0550. The number of aliphatic hydroxyl groups is 5. The number of aliphatic imine (C=N–C) groups is 3. The molecule has 0 unspecified atom stereocenters. The average molecular weight is 895 g/mol. The van der Waals surface area contributed by atoms with Crippen molar-refractivity contribution in [3.63, 3.8) is 0 Å². The molecule has 59 heavy (non-hydrogen) atoms. The molecule has 3 fully saturated rings. The number of alkyl halides is 3. The van der Waals surface area contributed by atoms with Crippen LogP contribution in [0.3, 0.4) is 0 Å². The van der Waals surface area contributed by atoms with Crippen molar-refractivity contribution in [3.8, 4) is 0 Å². The lowest BCUT2D eigenvalue weighted by Gasteiger charge is -2.49. The molecule has 324 valence electrons. The largest absolute Gasteiger partial charge is 0.451 e. The normalized spacial score (nSPS) is 31.5. The maximum absolute atomic E-state index is 12.7. The van der Waals surface area contributed by atoms with Crippen LogP contribution >= 0.6 is 34.8 Å². The number of carbonyl (C=O) groups excluding carboxylic acids is 4. The molecule has 1 aromatic carbocycles. The Bertz CT molecular complexity index is 1970. The van der Waals surface area contributed by atoms with E-state index in [-0.39, 0.29) is 56.4 Å². The number of ether oxygens (including phenoxy) is 3. The summed E-state index contributed by atoms with van der Waals surface area (Å²) in [6, 6.07) is 4.01. The molecule has 17 N–H and O–H groups in total. The highest BCUT2D eigenvalue weighted by atomic mass is 35.6. The number of rotatable bonds is 6. The minimum absolute atomic E-state index is 0. The summed E-state index contributed by atoms with van der Waals surface area (Å²) in [7, 11) is 0. The molecule has 28 heteroatoms. The van der Waals surface area contributed by atoms with E-state index >= 15 is 0 Å². The van der Waals surface area contributed by atoms with E-state index in [0.717, 1.165) is 0 Å². The van der Waals surface area contributed by atoms with Crippen LogP contribution in [0.25, 0.3) is 0 Å². The molecule has 7 rings (SSSR count). The van der Waals surface area contributed by atoms with Gasteiger partial charge < -0.3 is 88.4 Å². The predicted molar refractivity (Wildman–Crippen MR) is 205 cm³/mol. The number of nitrogens with one attached hydrogen (secondary N) is 4. The van der Waals surface area contributed by atoms with Crippen molar-refractivity contribution in [3.05, 3.63) is 48.3 Å². The summed E-state index contributed by atoms with van der Waals surface area (Å²) in [5.41, 5.74) is 18.0. The molecule has 3 saturated heterocycles. The number of nitrogens with two attached hydrogens (primary N) is 4. The summed E-state index contributed by atoms with van der Waals surface area (Å²) in [5.74, 6) is -7.65. The van der Waals surface area contributed by atoms with Gasteiger partial charge in [0.1, 0.15) is 43.5 Å². The smallest absolute Gasteiger partial charge is 0.404 e. The van der Waals surface area contributed by atoms with Crippen LogP contribution in [0.4, 0.5) is 9.59 Å². The average Bonchev–Trinajstić information content (AvgIpc) is 3.81. The number of carbonyl (C=O) groups is 4. The van der Waals surface area contributed by atoms with Gasteiger partial charge in [0.2, 0.25) is 17.5 Å². The summed E-state index contributed by atoms with van der Waals surface area (Å²) in [6.45, 7) is 2.51. The van der Waals surface area contributed by atoms with Crippen molar-refractivity contribution in [2.75, 3.05) is 26.3 Å². The second-order valence-corrected chi connectivity index (χ2v) is 15.9. The number of esters is 1. The lowest BCUT2D eigenvalue weighted by molar-refractivity contribution is -0.257. The molecule has 25 nitrogen and oxygen atoms in total. The highest BCUT2D eigenvalue weighted by Gasteiger charge is 2.75. The fourth-order valence-electron chi connectivity index (χ4n) is 7.69. The van der Waals surface area contributed by atoms with Crippen LogP contribution in [0.5, 0.6) is 0 Å². The molecule has 0 saturated carbocycles. The maximum atomic E-state index is 12.7. The first kappa shape index (κ1) is 44.8. The second kappa shape index (κ2) is 15.7. The molecule has 0 radical (unpaired) electrons. The number of nitrogens with zero attached hydrogens (tertiary/aromatic N) is 5. The Morgan fingerprint density at radius 2 is 1.51 bits per heavy atom. The summed E-state index contributed by atoms with van der Waals surface area (Å²) in [6.07, 6.45) is -5.23. The maximum Gasteiger partial charge on any atom is 0.404 e. The van der Waals surface area contributed by atoms with Crippen molar-refractivity contribution in [2.24, 2.45) is 37.9 Å². The van der Waals surface area contributed by atoms with Gasteiger partial charge in [-0.3, -0.25) is 10.1 Å². The zero-order valence-electron chi connectivity index (χ0n) is 29.7. The molecular formula is C31H42Cl3N13O12. The standard InChI is InChI=1S/C20H21Cl3N6O7.C10H17N7O5.CH4/c1-9-25-13-11(8-35-16(24)32)26-17(27-15(31)20(21,22)23)29-7-12(19(33,34)18(13,29)28-9)36-14(30)10-5-3-2-4-6-10;11-6-15-5-3(2-22-8(13)19)14-7(12)17-1-4(18)10(20,21)9(5,17)16-6;/h2-6,11-13,25,28,33-34H,1,7-8H2,(H2,24,32)(H,26,27,31);3-5,18,20-21H,1-2H2,(H2,12,14)(H2,13,19)(H3,11,15,16);1H4/t11-,12-,13-,18-;3-,4-,5-,9-;/m00./s1. The van der Waals surface area contributed by atoms with E-state index < -0.39 is 93.7 Å². The zero-order valence-corrected chi connectivity index (χ0v) is 31.9. The van der Waals surface area contributed by atoms with Gasteiger partial charge in [-0.15, -0.1) is 0 Å². The number of guanidine groups is 3. The molecule has 0 bridgehead atoms. The molecule has 8 atom stereocenters. The highest BCUT2D eigenvalue weighted by Crippen LogP contribution is 2.47. The Kier molecular flexibility index (Phi) is 11.9. The molecule has 6 aliphatic rings. The SMILES string of the molecule is C.C=C1N[C@H]2[C@H](COC(N)=O)N=C(NC(=O)C(Cl)(Cl)Cl)N3C[C@H](OC(=O)c4ccccc4)C(O)(O)[C@]23N1.NC(=O)OC[C@@H]1N=C(N)N2C[C@H](O)C(O)(O)[C@@]23NC(N)=N[C@@H]13. The number of hydrogen-bond acceptors (Lipinski definition) is 22. The third-order valence-corrected chi connectivity index (χ3v) is 10.7. The van der Waals surface area contributed by atoms with Crippen LogP contribution < -0.4 is 44.2 Å². The molecule has 1 aromatic rings. The van der Waals surface area contributed by atoms with E-state index in [1.807, 2.05) is 0 Å². The summed E-state index contributed by atoms with van der Waals surface area (Å²) in [4.78, 5) is 62.3. The molecular weight excluding hydrogens is 853 g/mol. The Hall–Kier alpha value is -5.28. The Morgan fingerprint density at radius 1 is 0.898 bits per heavy atom. The lowest BCUT2D eigenvalue weighted by Crippen LogP contribution is -2.77. The molecule has 6 heterocycles. The van der Waals surface area contributed by atoms with Gasteiger partial charge in [0, 0.05) is 0 Å². The van der Waals surface area contributed by atoms with E-state index in [0.29, 0.717) is 0 Å². The van der Waals surface area contributed by atoms with E-state index in [4.69, 9.17) is 71.9 Å². The zero-order chi connectivity index (χ0) is 42.7. The van der Waals surface area contributed by atoms with Crippen LogP contribution in [-0.2, 0) is 19.0 Å². The van der Waals surface area contributed by atoms with Gasteiger partial charge in [-0.25, -0.2) is 29.4 Å². The van der Waals surface area contributed by atoms with Crippen molar-refractivity contribution >= 4 is 76.7 Å². The van der Waals surface area contributed by atoms with Gasteiger partial charge >= 0.3 is 18.2 Å². The topological polar surface area (TPSA) is 393 Å². The third kappa shape index (κ3) is 7.47. The summed E-state index contributed by atoms with van der Waals surface area (Å²) >= 11 is 17.1. The van der Waals surface area contributed by atoms with Crippen LogP contribution in [0.15, 0.2) is 57.7 Å². The first-order chi connectivity index (χ1) is 27.0. The van der Waals surface area contributed by atoms with Crippen molar-refractivity contribution < 1.29 is 58.9 Å². The molecule has 3 amide bonds. The molecule has 6 aliphatic heterocycles. The number of hydrogen-bond donors (Lipinski definition) is 13. The van der Waals surface area contributed by atoms with E-state index in [9.17, 15) is 44.7 Å². The molecule has 0 aromatic heterocycles. The number of halogens is 3. The first-order valence-corrected chi connectivity index (χ1v) is 18.0. The van der Waals surface area contributed by atoms with Crippen molar-refractivity contribution in [1.82, 2.24) is 31.1 Å². The van der Waals surface area contributed by atoms with E-state index in [2.05, 4.69) is 42.8 Å². The van der Waals surface area contributed by atoms with Gasteiger partial charge in [0.05, 0.1) is 24.5 Å². The Labute approximate surface area is 348 Å². The van der Waals surface area contributed by atoms with Gasteiger partial charge in [-0.05, 0) is 12.1 Å². The van der Waals surface area contributed by atoms with Crippen molar-refractivity contribution in [1.29, 1.82) is 0 Å². The minimum atomic E-state index is -2.81. The van der Waals surface area contributed by atoms with Crippen LogP contribution in [-0.4, -0.2) is 167 Å². The first-order valence-electron chi connectivity index (χ1n) is 16.8. The van der Waals surface area contributed by atoms with Crippen LogP contribution in [0.1, 0.15) is 17.8 Å². The van der Waals surface area contributed by atoms with Gasteiger partial charge in [-0.2, -0.15) is 0 Å².